The van der Waals surface area contributed by atoms with Crippen molar-refractivity contribution in [2.75, 3.05) is 20.3 Å². The second-order valence-electron chi connectivity index (χ2n) is 5.02. The fraction of sp³-hybridized carbons (Fsp3) is 0.294. The molecule has 0 spiro atoms. The summed E-state index contributed by atoms with van der Waals surface area (Å²) in [5, 5.41) is 2.35. The van der Waals surface area contributed by atoms with Crippen molar-refractivity contribution in [3.8, 4) is 5.75 Å². The summed E-state index contributed by atoms with van der Waals surface area (Å²) in [4.78, 5) is 0. The third kappa shape index (κ3) is 2.69. The van der Waals surface area contributed by atoms with E-state index in [1.807, 2.05) is 31.2 Å². The van der Waals surface area contributed by atoms with Crippen LogP contribution in [0.1, 0.15) is 12.5 Å². The van der Waals surface area contributed by atoms with Crippen molar-refractivity contribution in [1.82, 2.24) is 0 Å². The van der Waals surface area contributed by atoms with Gasteiger partial charge in [-0.2, -0.15) is 0 Å². The zero-order valence-electron chi connectivity index (χ0n) is 11.8. The summed E-state index contributed by atoms with van der Waals surface area (Å²) in [6, 6.07) is 12.4. The van der Waals surface area contributed by atoms with Crippen LogP contribution in [0.4, 0.5) is 0 Å². The molecular formula is C17H18O3. The highest BCUT2D eigenvalue weighted by Crippen LogP contribution is 2.24. The number of benzene rings is 2. The van der Waals surface area contributed by atoms with Gasteiger partial charge in [0.15, 0.2) is 5.79 Å². The SMILES string of the molecule is COc1ccc2cc(C=CC3(C)OCCO3)ccc2c1. The maximum absolute atomic E-state index is 5.55. The van der Waals surface area contributed by atoms with E-state index in [4.69, 9.17) is 14.2 Å². The molecule has 0 aliphatic carbocycles. The maximum Gasteiger partial charge on any atom is 0.185 e. The smallest absolute Gasteiger partial charge is 0.185 e. The summed E-state index contributed by atoms with van der Waals surface area (Å²) in [5.74, 6) is 0.288. The van der Waals surface area contributed by atoms with Gasteiger partial charge in [0.05, 0.1) is 20.3 Å². The first-order valence-electron chi connectivity index (χ1n) is 6.73. The number of rotatable bonds is 3. The van der Waals surface area contributed by atoms with E-state index in [-0.39, 0.29) is 0 Å². The molecular weight excluding hydrogens is 252 g/mol. The van der Waals surface area contributed by atoms with E-state index >= 15 is 0 Å². The van der Waals surface area contributed by atoms with Gasteiger partial charge in [-0.1, -0.05) is 24.3 Å². The molecule has 3 rings (SSSR count). The van der Waals surface area contributed by atoms with E-state index in [9.17, 15) is 0 Å². The van der Waals surface area contributed by atoms with Crippen molar-refractivity contribution in [1.29, 1.82) is 0 Å². The summed E-state index contributed by atoms with van der Waals surface area (Å²) >= 11 is 0. The fourth-order valence-corrected chi connectivity index (χ4v) is 2.35. The van der Waals surface area contributed by atoms with Gasteiger partial charge in [0.25, 0.3) is 0 Å². The summed E-state index contributed by atoms with van der Waals surface area (Å²) in [6.07, 6.45) is 4.00. The van der Waals surface area contributed by atoms with Gasteiger partial charge in [0.1, 0.15) is 5.75 Å². The second kappa shape index (κ2) is 5.27. The molecule has 20 heavy (non-hydrogen) atoms. The molecule has 0 atom stereocenters. The molecule has 0 saturated carbocycles. The molecule has 0 unspecified atom stereocenters. The normalized spacial score (nSPS) is 17.9. The second-order valence-corrected chi connectivity index (χ2v) is 5.02. The van der Waals surface area contributed by atoms with Gasteiger partial charge in [0, 0.05) is 0 Å². The average Bonchev–Trinajstić information content (AvgIpc) is 2.91. The first kappa shape index (κ1) is 13.2. The Labute approximate surface area is 118 Å². The standard InChI is InChI=1S/C17H18O3/c1-17(19-9-10-20-17)8-7-13-3-4-15-12-16(18-2)6-5-14(15)11-13/h3-8,11-12H,9-10H2,1-2H3. The van der Waals surface area contributed by atoms with Crippen LogP contribution in [0.3, 0.4) is 0 Å². The summed E-state index contributed by atoms with van der Waals surface area (Å²) < 4.78 is 16.3. The fourth-order valence-electron chi connectivity index (χ4n) is 2.35. The topological polar surface area (TPSA) is 27.7 Å². The average molecular weight is 270 g/mol. The van der Waals surface area contributed by atoms with Crippen LogP contribution in [-0.4, -0.2) is 26.1 Å². The molecule has 3 heteroatoms. The monoisotopic (exact) mass is 270 g/mol. The van der Waals surface area contributed by atoms with E-state index < -0.39 is 5.79 Å². The van der Waals surface area contributed by atoms with Crippen LogP contribution >= 0.6 is 0 Å². The third-order valence-corrected chi connectivity index (χ3v) is 3.51. The van der Waals surface area contributed by atoms with Crippen molar-refractivity contribution in [2.45, 2.75) is 12.7 Å². The maximum atomic E-state index is 5.55. The lowest BCUT2D eigenvalue weighted by Gasteiger charge is -2.17. The van der Waals surface area contributed by atoms with Crippen molar-refractivity contribution in [3.63, 3.8) is 0 Å². The van der Waals surface area contributed by atoms with Gasteiger partial charge >= 0.3 is 0 Å². The lowest BCUT2D eigenvalue weighted by atomic mass is 10.1. The Morgan fingerprint density at radius 2 is 1.75 bits per heavy atom. The van der Waals surface area contributed by atoms with Crippen LogP contribution in [0, 0.1) is 0 Å². The number of hydrogen-bond acceptors (Lipinski definition) is 3. The van der Waals surface area contributed by atoms with E-state index in [0.29, 0.717) is 13.2 Å². The molecule has 1 fully saturated rings. The number of hydrogen-bond donors (Lipinski definition) is 0. The first-order chi connectivity index (χ1) is 9.68. The Morgan fingerprint density at radius 3 is 2.50 bits per heavy atom. The van der Waals surface area contributed by atoms with Crippen LogP contribution in [0.25, 0.3) is 16.8 Å². The van der Waals surface area contributed by atoms with Gasteiger partial charge in [-0.15, -0.1) is 0 Å². The van der Waals surface area contributed by atoms with Gasteiger partial charge < -0.3 is 14.2 Å². The van der Waals surface area contributed by atoms with E-state index in [1.165, 1.54) is 10.8 Å². The van der Waals surface area contributed by atoms with Crippen molar-refractivity contribution in [3.05, 3.63) is 48.0 Å². The van der Waals surface area contributed by atoms with E-state index in [0.717, 1.165) is 11.3 Å². The van der Waals surface area contributed by atoms with Crippen molar-refractivity contribution >= 4 is 16.8 Å². The van der Waals surface area contributed by atoms with Crippen molar-refractivity contribution < 1.29 is 14.2 Å². The zero-order valence-corrected chi connectivity index (χ0v) is 11.8. The lowest BCUT2D eigenvalue weighted by Crippen LogP contribution is -2.21. The van der Waals surface area contributed by atoms with Crippen molar-refractivity contribution in [2.24, 2.45) is 0 Å². The highest BCUT2D eigenvalue weighted by molar-refractivity contribution is 5.86. The Balaban J connectivity index is 1.87. The summed E-state index contributed by atoms with van der Waals surface area (Å²) in [6.45, 7) is 3.24. The molecule has 1 saturated heterocycles. The highest BCUT2D eigenvalue weighted by Gasteiger charge is 2.27. The highest BCUT2D eigenvalue weighted by atomic mass is 16.7. The predicted molar refractivity (Wildman–Crippen MR) is 79.8 cm³/mol. The lowest BCUT2D eigenvalue weighted by molar-refractivity contribution is -0.0990. The molecule has 1 aliphatic rings. The van der Waals surface area contributed by atoms with Gasteiger partial charge in [-0.3, -0.25) is 0 Å². The number of methoxy groups -OCH3 is 1. The minimum atomic E-state index is -0.588. The van der Waals surface area contributed by atoms with Gasteiger partial charge in [-0.05, 0) is 47.5 Å². The zero-order chi connectivity index (χ0) is 14.0. The Morgan fingerprint density at radius 1 is 1.05 bits per heavy atom. The molecule has 2 aromatic carbocycles. The molecule has 3 nitrogen and oxygen atoms in total. The van der Waals surface area contributed by atoms with Crippen LogP contribution < -0.4 is 4.74 Å². The Bertz CT molecular complexity index is 640. The summed E-state index contributed by atoms with van der Waals surface area (Å²) in [7, 11) is 1.68. The van der Waals surface area contributed by atoms with Crippen LogP contribution in [-0.2, 0) is 9.47 Å². The van der Waals surface area contributed by atoms with Crippen LogP contribution in [0.2, 0.25) is 0 Å². The molecule has 1 aliphatic heterocycles. The number of fused-ring (bicyclic) bond motifs is 1. The third-order valence-electron chi connectivity index (χ3n) is 3.51. The first-order valence-corrected chi connectivity index (χ1v) is 6.73. The Hall–Kier alpha value is -1.84. The molecule has 2 aromatic rings. The molecule has 1 heterocycles. The van der Waals surface area contributed by atoms with Gasteiger partial charge in [-0.25, -0.2) is 0 Å². The largest absolute Gasteiger partial charge is 0.497 e. The summed E-state index contributed by atoms with van der Waals surface area (Å²) in [5.41, 5.74) is 1.13. The molecule has 0 radical (unpaired) electrons. The minimum Gasteiger partial charge on any atom is -0.497 e. The van der Waals surface area contributed by atoms with E-state index in [1.54, 1.807) is 7.11 Å². The van der Waals surface area contributed by atoms with E-state index in [2.05, 4.69) is 24.3 Å². The molecule has 0 amide bonds. The minimum absolute atomic E-state index is 0.588. The predicted octanol–water partition coefficient (Wildman–Crippen LogP) is 3.62. The van der Waals surface area contributed by atoms with Crippen LogP contribution in [0.5, 0.6) is 5.75 Å². The molecule has 0 N–H and O–H groups in total. The number of ether oxygens (including phenoxy) is 3. The molecule has 104 valence electrons. The molecule has 0 aromatic heterocycles. The molecule has 0 bridgehead atoms. The van der Waals surface area contributed by atoms with Gasteiger partial charge in [0.2, 0.25) is 0 Å². The van der Waals surface area contributed by atoms with Crippen LogP contribution in [0.15, 0.2) is 42.5 Å². The Kier molecular flexibility index (Phi) is 3.47. The quantitative estimate of drug-likeness (QED) is 0.852.